The van der Waals surface area contributed by atoms with Crippen molar-refractivity contribution in [2.45, 2.75) is 19.4 Å². The number of aliphatic hydroxyl groups excluding tert-OH is 2. The molecule has 0 radical (unpaired) electrons. The van der Waals surface area contributed by atoms with Gasteiger partial charge in [-0.2, -0.15) is 0 Å². The summed E-state index contributed by atoms with van der Waals surface area (Å²) in [6.45, 7) is 5.48. The van der Waals surface area contributed by atoms with Crippen LogP contribution in [0.1, 0.15) is 13.8 Å². The van der Waals surface area contributed by atoms with Gasteiger partial charge < -0.3 is 20.3 Å². The van der Waals surface area contributed by atoms with Crippen molar-refractivity contribution < 1.29 is 14.9 Å². The summed E-state index contributed by atoms with van der Waals surface area (Å²) in [5.41, 5.74) is -0.586. The molecule has 0 aromatic heterocycles. The van der Waals surface area contributed by atoms with E-state index in [2.05, 4.69) is 5.32 Å². The molecule has 0 aliphatic heterocycles. The van der Waals surface area contributed by atoms with Gasteiger partial charge in [0.05, 0.1) is 25.4 Å². The Morgan fingerprint density at radius 2 is 1.92 bits per heavy atom. The minimum Gasteiger partial charge on any atom is -0.394 e. The van der Waals surface area contributed by atoms with Crippen LogP contribution in [-0.4, -0.2) is 48.7 Å². The summed E-state index contributed by atoms with van der Waals surface area (Å²) in [6.07, 6.45) is 0. The summed E-state index contributed by atoms with van der Waals surface area (Å²) in [4.78, 5) is 0. The van der Waals surface area contributed by atoms with Crippen molar-refractivity contribution in [2.24, 2.45) is 0 Å². The van der Waals surface area contributed by atoms with E-state index >= 15 is 0 Å². The summed E-state index contributed by atoms with van der Waals surface area (Å²) < 4.78 is 5.09. The van der Waals surface area contributed by atoms with Crippen LogP contribution in [0.25, 0.3) is 0 Å². The Bertz CT molecular complexity index is 104. The van der Waals surface area contributed by atoms with Crippen molar-refractivity contribution in [2.75, 3.05) is 33.0 Å². The van der Waals surface area contributed by atoms with Crippen LogP contribution in [0.5, 0.6) is 0 Å². The van der Waals surface area contributed by atoms with Crippen molar-refractivity contribution in [3.8, 4) is 0 Å². The molecule has 0 fully saturated rings. The molecule has 0 unspecified atom stereocenters. The fourth-order valence-electron chi connectivity index (χ4n) is 0.731. The minimum atomic E-state index is -0.586. The molecule has 0 aromatic carbocycles. The molecule has 0 bridgehead atoms. The van der Waals surface area contributed by atoms with Crippen LogP contribution in [0.3, 0.4) is 0 Å². The molecule has 0 rings (SSSR count). The maximum absolute atomic E-state index is 8.88. The molecule has 0 atom stereocenters. The van der Waals surface area contributed by atoms with E-state index < -0.39 is 5.54 Å². The maximum Gasteiger partial charge on any atom is 0.0633 e. The van der Waals surface area contributed by atoms with Gasteiger partial charge in [0.1, 0.15) is 0 Å². The monoisotopic (exact) mass is 177 g/mol. The predicted octanol–water partition coefficient (Wildman–Crippen LogP) is -0.644. The average Bonchev–Trinajstić information content (AvgIpc) is 2.12. The highest BCUT2D eigenvalue weighted by Gasteiger charge is 2.20. The molecule has 0 aliphatic carbocycles. The quantitative estimate of drug-likeness (QED) is 0.452. The molecule has 74 valence electrons. The highest BCUT2D eigenvalue weighted by molar-refractivity contribution is 4.80. The minimum absolute atomic E-state index is 0.0738. The first-order valence-electron chi connectivity index (χ1n) is 4.23. The van der Waals surface area contributed by atoms with Crippen molar-refractivity contribution in [3.63, 3.8) is 0 Å². The van der Waals surface area contributed by atoms with Gasteiger partial charge in [0.25, 0.3) is 0 Å². The predicted molar refractivity (Wildman–Crippen MR) is 47.1 cm³/mol. The summed E-state index contributed by atoms with van der Waals surface area (Å²) in [6, 6.07) is 0. The average molecular weight is 177 g/mol. The second-order valence-corrected chi connectivity index (χ2v) is 3.00. The number of nitrogens with one attached hydrogen (secondary N) is 1. The number of hydrogen-bond donors (Lipinski definition) is 3. The smallest absolute Gasteiger partial charge is 0.0633 e. The summed E-state index contributed by atoms with van der Waals surface area (Å²) in [5, 5.41) is 20.8. The Balaban J connectivity index is 3.45. The SMILES string of the molecule is CCOCCNC(C)(CO)CO. The van der Waals surface area contributed by atoms with E-state index in [0.717, 1.165) is 0 Å². The van der Waals surface area contributed by atoms with Gasteiger partial charge in [-0.25, -0.2) is 0 Å². The molecule has 0 saturated heterocycles. The number of hydrogen-bond acceptors (Lipinski definition) is 4. The van der Waals surface area contributed by atoms with Crippen molar-refractivity contribution in [1.29, 1.82) is 0 Å². The number of aliphatic hydroxyl groups is 2. The van der Waals surface area contributed by atoms with Crippen molar-refractivity contribution in [3.05, 3.63) is 0 Å². The lowest BCUT2D eigenvalue weighted by atomic mass is 10.1. The zero-order chi connectivity index (χ0) is 9.45. The van der Waals surface area contributed by atoms with Gasteiger partial charge in [0, 0.05) is 13.2 Å². The first-order chi connectivity index (χ1) is 5.68. The fraction of sp³-hybridized carbons (Fsp3) is 1.00. The third-order valence-electron chi connectivity index (χ3n) is 1.70. The van der Waals surface area contributed by atoms with Crippen LogP contribution >= 0.6 is 0 Å². The van der Waals surface area contributed by atoms with Crippen LogP contribution in [0, 0.1) is 0 Å². The topological polar surface area (TPSA) is 61.7 Å². The second kappa shape index (κ2) is 6.37. The third kappa shape index (κ3) is 4.66. The van der Waals surface area contributed by atoms with E-state index in [1.165, 1.54) is 0 Å². The molecule has 4 heteroatoms. The second-order valence-electron chi connectivity index (χ2n) is 3.00. The molecule has 12 heavy (non-hydrogen) atoms. The number of rotatable bonds is 7. The highest BCUT2D eigenvalue weighted by Crippen LogP contribution is 1.99. The normalized spacial score (nSPS) is 12.0. The first kappa shape index (κ1) is 11.8. The van der Waals surface area contributed by atoms with Crippen LogP contribution in [0.15, 0.2) is 0 Å². The van der Waals surface area contributed by atoms with E-state index in [1.807, 2.05) is 6.92 Å². The van der Waals surface area contributed by atoms with E-state index in [9.17, 15) is 0 Å². The Hall–Kier alpha value is -0.160. The van der Waals surface area contributed by atoms with Gasteiger partial charge in [0.2, 0.25) is 0 Å². The molecule has 0 aliphatic rings. The Kier molecular flexibility index (Phi) is 6.28. The summed E-state index contributed by atoms with van der Waals surface area (Å²) >= 11 is 0. The maximum atomic E-state index is 8.88. The van der Waals surface area contributed by atoms with Crippen molar-refractivity contribution in [1.82, 2.24) is 5.32 Å². The van der Waals surface area contributed by atoms with Crippen LogP contribution < -0.4 is 5.32 Å². The van der Waals surface area contributed by atoms with Crippen molar-refractivity contribution >= 4 is 0 Å². The molecular formula is C8H19NO3. The van der Waals surface area contributed by atoms with Gasteiger partial charge >= 0.3 is 0 Å². The molecule has 0 saturated carbocycles. The van der Waals surface area contributed by atoms with Gasteiger partial charge in [-0.3, -0.25) is 0 Å². The zero-order valence-corrected chi connectivity index (χ0v) is 7.84. The van der Waals surface area contributed by atoms with E-state index in [4.69, 9.17) is 14.9 Å². The lowest BCUT2D eigenvalue weighted by molar-refractivity contribution is 0.0877. The van der Waals surface area contributed by atoms with Gasteiger partial charge in [0.15, 0.2) is 0 Å². The fourth-order valence-corrected chi connectivity index (χ4v) is 0.731. The summed E-state index contributed by atoms with van der Waals surface area (Å²) in [5.74, 6) is 0. The van der Waals surface area contributed by atoms with Gasteiger partial charge in [-0.1, -0.05) is 0 Å². The first-order valence-corrected chi connectivity index (χ1v) is 4.23. The van der Waals surface area contributed by atoms with Crippen LogP contribution in [0.2, 0.25) is 0 Å². The lowest BCUT2D eigenvalue weighted by Crippen LogP contribution is -2.50. The van der Waals surface area contributed by atoms with Gasteiger partial charge in [-0.15, -0.1) is 0 Å². The zero-order valence-electron chi connectivity index (χ0n) is 7.84. The molecule has 0 amide bonds. The van der Waals surface area contributed by atoms with E-state index in [1.54, 1.807) is 6.92 Å². The molecular weight excluding hydrogens is 158 g/mol. The third-order valence-corrected chi connectivity index (χ3v) is 1.70. The molecule has 0 aromatic rings. The Labute approximate surface area is 73.5 Å². The van der Waals surface area contributed by atoms with E-state index in [0.29, 0.717) is 19.8 Å². The Morgan fingerprint density at radius 3 is 2.33 bits per heavy atom. The molecule has 0 spiro atoms. The Morgan fingerprint density at radius 1 is 1.33 bits per heavy atom. The summed E-state index contributed by atoms with van der Waals surface area (Å²) in [7, 11) is 0. The molecule has 4 nitrogen and oxygen atoms in total. The van der Waals surface area contributed by atoms with Gasteiger partial charge in [-0.05, 0) is 13.8 Å². The lowest BCUT2D eigenvalue weighted by Gasteiger charge is -2.26. The standard InChI is InChI=1S/C8H19NO3/c1-3-12-5-4-9-8(2,6-10)7-11/h9-11H,3-7H2,1-2H3. The van der Waals surface area contributed by atoms with Crippen LogP contribution in [-0.2, 0) is 4.74 Å². The largest absolute Gasteiger partial charge is 0.394 e. The van der Waals surface area contributed by atoms with Crippen LogP contribution in [0.4, 0.5) is 0 Å². The highest BCUT2D eigenvalue weighted by atomic mass is 16.5. The van der Waals surface area contributed by atoms with E-state index in [-0.39, 0.29) is 13.2 Å². The number of ether oxygens (including phenoxy) is 1. The molecule has 0 heterocycles. The molecule has 3 N–H and O–H groups in total.